The van der Waals surface area contributed by atoms with Gasteiger partial charge in [0.05, 0.1) is 25.0 Å². The number of sulfonamides is 1. The zero-order valence-electron chi connectivity index (χ0n) is 11.6. The van der Waals surface area contributed by atoms with Crippen LogP contribution in [-0.2, 0) is 14.8 Å². The minimum Gasteiger partial charge on any atom is -0.398 e. The molecule has 1 heterocycles. The predicted octanol–water partition coefficient (Wildman–Crippen LogP) is 0.348. The molecule has 0 aliphatic carbocycles. The first kappa shape index (κ1) is 15.2. The second-order valence-electron chi connectivity index (χ2n) is 5.10. The molecule has 0 bridgehead atoms. The Balaban J connectivity index is 2.38. The van der Waals surface area contributed by atoms with E-state index in [-0.39, 0.29) is 36.4 Å². The first-order valence-electron chi connectivity index (χ1n) is 6.46. The number of rotatable bonds is 3. The fourth-order valence-corrected chi connectivity index (χ4v) is 4.01. The highest BCUT2D eigenvalue weighted by Crippen LogP contribution is 2.27. The molecule has 1 fully saturated rings. The molecule has 1 aromatic rings. The van der Waals surface area contributed by atoms with Crippen LogP contribution in [-0.4, -0.2) is 49.7 Å². The summed E-state index contributed by atoms with van der Waals surface area (Å²) in [5.41, 5.74) is 6.99. The zero-order chi connectivity index (χ0) is 14.9. The van der Waals surface area contributed by atoms with Gasteiger partial charge in [0.25, 0.3) is 0 Å². The van der Waals surface area contributed by atoms with Crippen molar-refractivity contribution in [2.75, 3.05) is 25.5 Å². The van der Waals surface area contributed by atoms with Crippen LogP contribution in [0.1, 0.15) is 12.5 Å². The van der Waals surface area contributed by atoms with Crippen molar-refractivity contribution >= 4 is 15.7 Å². The molecule has 0 saturated carbocycles. The Morgan fingerprint density at radius 3 is 2.80 bits per heavy atom. The van der Waals surface area contributed by atoms with Crippen molar-refractivity contribution in [1.29, 1.82) is 0 Å². The Morgan fingerprint density at radius 1 is 1.50 bits per heavy atom. The zero-order valence-corrected chi connectivity index (χ0v) is 12.4. The Morgan fingerprint density at radius 2 is 2.20 bits per heavy atom. The van der Waals surface area contributed by atoms with Crippen molar-refractivity contribution in [2.24, 2.45) is 0 Å². The van der Waals surface area contributed by atoms with E-state index in [4.69, 9.17) is 15.6 Å². The molecule has 0 aromatic heterocycles. The topological polar surface area (TPSA) is 92.9 Å². The summed E-state index contributed by atoms with van der Waals surface area (Å²) >= 11 is 0. The number of nitrogens with zero attached hydrogens (tertiary/aromatic N) is 1. The average Bonchev–Trinajstić information content (AvgIpc) is 2.38. The van der Waals surface area contributed by atoms with Gasteiger partial charge in [-0.1, -0.05) is 6.07 Å². The summed E-state index contributed by atoms with van der Waals surface area (Å²) in [6, 6.07) is 4.60. The van der Waals surface area contributed by atoms with Gasteiger partial charge in [-0.05, 0) is 31.5 Å². The third-order valence-corrected chi connectivity index (χ3v) is 5.46. The molecule has 20 heavy (non-hydrogen) atoms. The van der Waals surface area contributed by atoms with Crippen LogP contribution in [0.2, 0.25) is 0 Å². The van der Waals surface area contributed by atoms with Gasteiger partial charge in [-0.3, -0.25) is 0 Å². The molecule has 1 saturated heterocycles. The molecule has 0 spiro atoms. The molecule has 7 heteroatoms. The average molecular weight is 300 g/mol. The van der Waals surface area contributed by atoms with E-state index in [1.54, 1.807) is 19.1 Å². The third-order valence-electron chi connectivity index (χ3n) is 3.40. The largest absolute Gasteiger partial charge is 0.398 e. The van der Waals surface area contributed by atoms with Crippen LogP contribution in [0.3, 0.4) is 0 Å². The van der Waals surface area contributed by atoms with Gasteiger partial charge in [-0.15, -0.1) is 0 Å². The quantitative estimate of drug-likeness (QED) is 0.786. The lowest BCUT2D eigenvalue weighted by atomic mass is 10.2. The number of hydrogen-bond acceptors (Lipinski definition) is 5. The number of benzene rings is 1. The van der Waals surface area contributed by atoms with E-state index < -0.39 is 16.1 Å². The Labute approximate surface area is 119 Å². The van der Waals surface area contributed by atoms with E-state index in [2.05, 4.69) is 0 Å². The molecule has 6 nitrogen and oxygen atoms in total. The normalized spacial score (nSPS) is 24.8. The van der Waals surface area contributed by atoms with Gasteiger partial charge in [0.2, 0.25) is 10.0 Å². The standard InChI is InChI=1S/C13H20N2O4S/c1-9-3-4-13(12(14)5-9)20(17,18)15-6-11(7-16)19-8-10(15)2/h3-5,10-11,16H,6-8,14H2,1-2H3. The summed E-state index contributed by atoms with van der Waals surface area (Å²) in [5.74, 6) is 0. The first-order chi connectivity index (χ1) is 9.36. The van der Waals surface area contributed by atoms with Crippen LogP contribution >= 0.6 is 0 Å². The monoisotopic (exact) mass is 300 g/mol. The SMILES string of the molecule is Cc1ccc(S(=O)(=O)N2CC(CO)OCC2C)c(N)c1. The molecular formula is C13H20N2O4S. The van der Waals surface area contributed by atoms with Crippen LogP contribution in [0.15, 0.2) is 23.1 Å². The van der Waals surface area contributed by atoms with E-state index in [1.165, 1.54) is 10.4 Å². The van der Waals surface area contributed by atoms with Crippen LogP contribution in [0.25, 0.3) is 0 Å². The van der Waals surface area contributed by atoms with E-state index in [0.29, 0.717) is 0 Å². The summed E-state index contributed by atoms with van der Waals surface area (Å²) in [4.78, 5) is 0.105. The molecule has 1 aliphatic heterocycles. The first-order valence-corrected chi connectivity index (χ1v) is 7.90. The second kappa shape index (κ2) is 5.69. The second-order valence-corrected chi connectivity index (χ2v) is 6.96. The molecule has 2 rings (SSSR count). The molecular weight excluding hydrogens is 280 g/mol. The smallest absolute Gasteiger partial charge is 0.245 e. The van der Waals surface area contributed by atoms with Gasteiger partial charge in [-0.2, -0.15) is 4.31 Å². The molecule has 2 unspecified atom stereocenters. The predicted molar refractivity (Wildman–Crippen MR) is 75.8 cm³/mol. The van der Waals surface area contributed by atoms with E-state index in [9.17, 15) is 8.42 Å². The summed E-state index contributed by atoms with van der Waals surface area (Å²) in [7, 11) is -3.68. The number of aliphatic hydroxyl groups is 1. The Bertz CT molecular complexity index is 588. The Hall–Kier alpha value is -1.15. The summed E-state index contributed by atoms with van der Waals surface area (Å²) in [6.07, 6.45) is -0.493. The number of morpholine rings is 1. The van der Waals surface area contributed by atoms with Gasteiger partial charge in [0, 0.05) is 12.6 Å². The maximum atomic E-state index is 12.7. The van der Waals surface area contributed by atoms with Crippen LogP contribution < -0.4 is 5.73 Å². The molecule has 1 aromatic carbocycles. The number of hydrogen-bond donors (Lipinski definition) is 2. The molecule has 1 aliphatic rings. The summed E-state index contributed by atoms with van der Waals surface area (Å²) < 4.78 is 32.1. The van der Waals surface area contributed by atoms with Gasteiger partial charge in [-0.25, -0.2) is 8.42 Å². The van der Waals surface area contributed by atoms with Gasteiger partial charge < -0.3 is 15.6 Å². The highest BCUT2D eigenvalue weighted by molar-refractivity contribution is 7.89. The maximum absolute atomic E-state index is 12.7. The fraction of sp³-hybridized carbons (Fsp3) is 0.538. The fourth-order valence-electron chi connectivity index (χ4n) is 2.27. The number of aryl methyl sites for hydroxylation is 1. The molecule has 0 radical (unpaired) electrons. The van der Waals surface area contributed by atoms with Crippen molar-refractivity contribution in [3.63, 3.8) is 0 Å². The Kier molecular flexibility index (Phi) is 4.33. The van der Waals surface area contributed by atoms with E-state index >= 15 is 0 Å². The van der Waals surface area contributed by atoms with E-state index in [1.807, 2.05) is 6.92 Å². The van der Waals surface area contributed by atoms with Gasteiger partial charge in [0.1, 0.15) is 4.90 Å². The van der Waals surface area contributed by atoms with Crippen molar-refractivity contribution in [1.82, 2.24) is 4.31 Å². The highest BCUT2D eigenvalue weighted by atomic mass is 32.2. The lowest BCUT2D eigenvalue weighted by Gasteiger charge is -2.36. The van der Waals surface area contributed by atoms with Crippen LogP contribution in [0.4, 0.5) is 5.69 Å². The number of nitrogen functional groups attached to an aromatic ring is 1. The van der Waals surface area contributed by atoms with Gasteiger partial charge in [0.15, 0.2) is 0 Å². The van der Waals surface area contributed by atoms with Crippen LogP contribution in [0.5, 0.6) is 0 Å². The third kappa shape index (κ3) is 2.80. The lowest BCUT2D eigenvalue weighted by molar-refractivity contribution is -0.0516. The number of ether oxygens (including phenoxy) is 1. The molecule has 3 N–H and O–H groups in total. The molecule has 2 atom stereocenters. The van der Waals surface area contributed by atoms with Crippen molar-refractivity contribution < 1.29 is 18.3 Å². The van der Waals surface area contributed by atoms with Crippen molar-refractivity contribution in [2.45, 2.75) is 30.9 Å². The number of anilines is 1. The molecule has 0 amide bonds. The van der Waals surface area contributed by atoms with E-state index in [0.717, 1.165) is 5.56 Å². The number of aliphatic hydroxyl groups excluding tert-OH is 1. The minimum atomic E-state index is -3.68. The van der Waals surface area contributed by atoms with Gasteiger partial charge >= 0.3 is 0 Å². The van der Waals surface area contributed by atoms with Crippen LogP contribution in [0, 0.1) is 6.92 Å². The van der Waals surface area contributed by atoms with Crippen molar-refractivity contribution in [3.05, 3.63) is 23.8 Å². The molecule has 112 valence electrons. The highest BCUT2D eigenvalue weighted by Gasteiger charge is 2.36. The number of nitrogens with two attached hydrogens (primary N) is 1. The summed E-state index contributed by atoms with van der Waals surface area (Å²) in [5, 5.41) is 9.15. The van der Waals surface area contributed by atoms with Crippen molar-refractivity contribution in [3.8, 4) is 0 Å². The lowest BCUT2D eigenvalue weighted by Crippen LogP contribution is -2.51. The summed E-state index contributed by atoms with van der Waals surface area (Å²) in [6.45, 7) is 3.81. The maximum Gasteiger partial charge on any atom is 0.245 e. The minimum absolute atomic E-state index is 0.105.